The summed E-state index contributed by atoms with van der Waals surface area (Å²) in [6.07, 6.45) is 3.31. The molecule has 2 heterocycles. The van der Waals surface area contributed by atoms with Gasteiger partial charge < -0.3 is 20.3 Å². The number of carboxylic acid groups (broad SMARTS) is 1. The summed E-state index contributed by atoms with van der Waals surface area (Å²) >= 11 is 0. The monoisotopic (exact) mass is 345 g/mol. The van der Waals surface area contributed by atoms with Crippen molar-refractivity contribution in [3.8, 4) is 0 Å². The zero-order valence-electron chi connectivity index (χ0n) is 13.4. The number of anilines is 2. The fraction of sp³-hybridized carbons (Fsp3) is 0.353. The molecule has 7 nitrogen and oxygen atoms in total. The summed E-state index contributed by atoms with van der Waals surface area (Å²) in [6.45, 7) is 1.81. The molecule has 0 radical (unpaired) electrons. The molecule has 1 aliphatic carbocycles. The van der Waals surface area contributed by atoms with Crippen LogP contribution in [0.15, 0.2) is 17.1 Å². The molecule has 1 fully saturated rings. The van der Waals surface area contributed by atoms with Crippen LogP contribution in [0.5, 0.6) is 0 Å². The molecule has 1 aliphatic heterocycles. The largest absolute Gasteiger partial charge is 0.477 e. The highest BCUT2D eigenvalue weighted by Crippen LogP contribution is 2.41. The van der Waals surface area contributed by atoms with Gasteiger partial charge in [-0.2, -0.15) is 0 Å². The van der Waals surface area contributed by atoms with Crippen molar-refractivity contribution in [3.63, 3.8) is 0 Å². The highest BCUT2D eigenvalue weighted by atomic mass is 19.1. The van der Waals surface area contributed by atoms with Crippen molar-refractivity contribution in [1.29, 1.82) is 0 Å². The quantitative estimate of drug-likeness (QED) is 0.793. The summed E-state index contributed by atoms with van der Waals surface area (Å²) in [5.41, 5.74) is -0.791. The van der Waals surface area contributed by atoms with Gasteiger partial charge in [0.05, 0.1) is 22.3 Å². The molecule has 25 heavy (non-hydrogen) atoms. The second-order valence-corrected chi connectivity index (χ2v) is 6.42. The van der Waals surface area contributed by atoms with E-state index in [2.05, 4.69) is 10.6 Å². The molecule has 4 rings (SSSR count). The Hall–Kier alpha value is -2.90. The van der Waals surface area contributed by atoms with E-state index < -0.39 is 28.8 Å². The van der Waals surface area contributed by atoms with Crippen LogP contribution in [0.25, 0.3) is 10.9 Å². The van der Waals surface area contributed by atoms with Gasteiger partial charge in [0.25, 0.3) is 0 Å². The zero-order valence-corrected chi connectivity index (χ0v) is 13.4. The minimum atomic E-state index is -1.35. The highest BCUT2D eigenvalue weighted by Gasteiger charge is 2.32. The van der Waals surface area contributed by atoms with Gasteiger partial charge in [-0.3, -0.25) is 9.59 Å². The molecule has 0 spiro atoms. The highest BCUT2D eigenvalue weighted by molar-refractivity contribution is 6.06. The van der Waals surface area contributed by atoms with Gasteiger partial charge in [-0.25, -0.2) is 9.18 Å². The molecule has 2 aliphatic rings. The number of nitrogens with one attached hydrogen (secondary N) is 2. The third kappa shape index (κ3) is 2.28. The van der Waals surface area contributed by atoms with Crippen LogP contribution in [-0.2, 0) is 4.79 Å². The molecular formula is C17H16FN3O4. The summed E-state index contributed by atoms with van der Waals surface area (Å²) in [6, 6.07) is 0.783. The van der Waals surface area contributed by atoms with Gasteiger partial charge in [0.1, 0.15) is 11.6 Å². The normalized spacial score (nSPS) is 19.3. The first-order chi connectivity index (χ1) is 11.9. The van der Waals surface area contributed by atoms with E-state index in [0.717, 1.165) is 12.8 Å². The van der Waals surface area contributed by atoms with E-state index in [-0.39, 0.29) is 34.2 Å². The fourth-order valence-electron chi connectivity index (χ4n) is 3.25. The topological polar surface area (TPSA) is 100 Å². The molecule has 1 aromatic heterocycles. The number of amides is 1. The number of aromatic carboxylic acids is 1. The third-order valence-electron chi connectivity index (χ3n) is 4.73. The van der Waals surface area contributed by atoms with E-state index in [0.29, 0.717) is 6.42 Å². The summed E-state index contributed by atoms with van der Waals surface area (Å²) < 4.78 is 16.8. The average Bonchev–Trinajstić information content (AvgIpc) is 3.40. The molecule has 1 unspecified atom stereocenters. The standard InChI is InChI=1S/C17H16FN3O4/c1-2-10-16(23)20-11-5-8-14(12(18)13(11)19-10)21(7-3-4-7)6-9(15(8)22)17(24)25/h5-7,10,19H,2-4H2,1H3,(H,20,23)(H,24,25). The van der Waals surface area contributed by atoms with Gasteiger partial charge in [-0.15, -0.1) is 0 Å². The molecule has 8 heteroatoms. The van der Waals surface area contributed by atoms with Crippen molar-refractivity contribution in [2.24, 2.45) is 0 Å². The maximum absolute atomic E-state index is 15.2. The minimum Gasteiger partial charge on any atom is -0.477 e. The van der Waals surface area contributed by atoms with Crippen molar-refractivity contribution in [3.05, 3.63) is 33.9 Å². The van der Waals surface area contributed by atoms with E-state index >= 15 is 4.39 Å². The Bertz CT molecular complexity index is 994. The molecular weight excluding hydrogens is 329 g/mol. The van der Waals surface area contributed by atoms with Crippen molar-refractivity contribution >= 4 is 34.2 Å². The number of halogens is 1. The van der Waals surface area contributed by atoms with Crippen LogP contribution in [0.4, 0.5) is 15.8 Å². The Labute approximate surface area is 141 Å². The van der Waals surface area contributed by atoms with Gasteiger partial charge in [0, 0.05) is 12.2 Å². The summed E-state index contributed by atoms with van der Waals surface area (Å²) in [5.74, 6) is -2.31. The lowest BCUT2D eigenvalue weighted by atomic mass is 10.0. The maximum Gasteiger partial charge on any atom is 0.341 e. The van der Waals surface area contributed by atoms with Crippen molar-refractivity contribution in [2.75, 3.05) is 10.6 Å². The van der Waals surface area contributed by atoms with Crippen LogP contribution in [-0.4, -0.2) is 27.6 Å². The Balaban J connectivity index is 2.06. The third-order valence-corrected chi connectivity index (χ3v) is 4.73. The van der Waals surface area contributed by atoms with E-state index in [4.69, 9.17) is 0 Å². The van der Waals surface area contributed by atoms with E-state index in [1.807, 2.05) is 0 Å². The van der Waals surface area contributed by atoms with Crippen LogP contribution < -0.4 is 16.1 Å². The number of hydrogen-bond donors (Lipinski definition) is 3. The van der Waals surface area contributed by atoms with Gasteiger partial charge in [0.15, 0.2) is 5.82 Å². The molecule has 1 atom stereocenters. The Morgan fingerprint density at radius 2 is 2.12 bits per heavy atom. The second-order valence-electron chi connectivity index (χ2n) is 6.42. The average molecular weight is 345 g/mol. The Morgan fingerprint density at radius 1 is 1.40 bits per heavy atom. The van der Waals surface area contributed by atoms with Crippen LogP contribution in [0, 0.1) is 5.82 Å². The lowest BCUT2D eigenvalue weighted by Gasteiger charge is -2.27. The van der Waals surface area contributed by atoms with E-state index in [9.17, 15) is 19.5 Å². The number of rotatable bonds is 3. The van der Waals surface area contributed by atoms with Gasteiger partial charge >= 0.3 is 5.97 Å². The van der Waals surface area contributed by atoms with Gasteiger partial charge in [0.2, 0.25) is 11.3 Å². The Kier molecular flexibility index (Phi) is 3.31. The predicted octanol–water partition coefficient (Wildman–Crippen LogP) is 2.32. The van der Waals surface area contributed by atoms with Crippen LogP contribution in [0.1, 0.15) is 42.6 Å². The Morgan fingerprint density at radius 3 is 2.72 bits per heavy atom. The minimum absolute atomic E-state index is 0.0195. The first-order valence-electron chi connectivity index (χ1n) is 8.14. The number of nitrogens with zero attached hydrogens (tertiary/aromatic N) is 1. The number of hydrogen-bond acceptors (Lipinski definition) is 4. The molecule has 130 valence electrons. The van der Waals surface area contributed by atoms with E-state index in [1.54, 1.807) is 6.92 Å². The number of carboxylic acids is 1. The fourth-order valence-corrected chi connectivity index (χ4v) is 3.25. The summed E-state index contributed by atoms with van der Waals surface area (Å²) in [7, 11) is 0. The predicted molar refractivity (Wildman–Crippen MR) is 89.7 cm³/mol. The first-order valence-corrected chi connectivity index (χ1v) is 8.14. The molecule has 1 saturated carbocycles. The smallest absolute Gasteiger partial charge is 0.341 e. The molecule has 0 saturated heterocycles. The number of pyridine rings is 1. The van der Waals surface area contributed by atoms with E-state index in [1.165, 1.54) is 16.8 Å². The van der Waals surface area contributed by atoms with Crippen LogP contribution in [0.3, 0.4) is 0 Å². The lowest BCUT2D eigenvalue weighted by Crippen LogP contribution is -2.39. The second kappa shape index (κ2) is 5.30. The molecule has 2 aromatic rings. The maximum atomic E-state index is 15.2. The molecule has 1 amide bonds. The molecule has 1 aromatic carbocycles. The number of aromatic nitrogens is 1. The zero-order chi connectivity index (χ0) is 17.9. The lowest BCUT2D eigenvalue weighted by molar-refractivity contribution is -0.117. The number of fused-ring (bicyclic) bond motifs is 2. The van der Waals surface area contributed by atoms with Crippen molar-refractivity contribution in [2.45, 2.75) is 38.3 Å². The van der Waals surface area contributed by atoms with Gasteiger partial charge in [-0.05, 0) is 25.3 Å². The van der Waals surface area contributed by atoms with Crippen LogP contribution >= 0.6 is 0 Å². The van der Waals surface area contributed by atoms with Crippen LogP contribution in [0.2, 0.25) is 0 Å². The summed E-state index contributed by atoms with van der Waals surface area (Å²) in [5, 5.41) is 14.7. The number of carbonyl (C=O) groups excluding carboxylic acids is 1. The van der Waals surface area contributed by atoms with Crippen molar-refractivity contribution in [1.82, 2.24) is 4.57 Å². The van der Waals surface area contributed by atoms with Crippen molar-refractivity contribution < 1.29 is 19.1 Å². The van der Waals surface area contributed by atoms with Gasteiger partial charge in [-0.1, -0.05) is 6.92 Å². The number of carbonyl (C=O) groups is 2. The molecule has 3 N–H and O–H groups in total. The molecule has 0 bridgehead atoms. The summed E-state index contributed by atoms with van der Waals surface area (Å²) in [4.78, 5) is 35.9. The first kappa shape index (κ1) is 15.6. The SMILES string of the molecule is CCC1Nc2c(cc3c(=O)c(C(=O)O)cn(C4CC4)c3c2F)NC1=O. The number of benzene rings is 1.